The molecule has 0 radical (unpaired) electrons. The Labute approximate surface area is 131 Å². The smallest absolute Gasteiger partial charge is 0.310 e. The van der Waals surface area contributed by atoms with E-state index in [0.717, 1.165) is 6.07 Å². The molecule has 0 aromatic heterocycles. The van der Waals surface area contributed by atoms with Gasteiger partial charge in [0.1, 0.15) is 5.75 Å². The van der Waals surface area contributed by atoms with Crippen molar-refractivity contribution in [1.82, 2.24) is 5.43 Å². The molecule has 0 unspecified atom stereocenters. The van der Waals surface area contributed by atoms with Crippen molar-refractivity contribution in [3.8, 4) is 11.5 Å². The quantitative estimate of drug-likeness (QED) is 0.479. The van der Waals surface area contributed by atoms with Crippen molar-refractivity contribution in [3.05, 3.63) is 64.2 Å². The number of benzene rings is 2. The lowest BCUT2D eigenvalue weighted by molar-refractivity contribution is -0.385. The Balaban J connectivity index is 1.85. The first-order chi connectivity index (χ1) is 11.1. The van der Waals surface area contributed by atoms with E-state index >= 15 is 0 Å². The van der Waals surface area contributed by atoms with E-state index in [0.29, 0.717) is 11.3 Å². The summed E-state index contributed by atoms with van der Waals surface area (Å²) in [4.78, 5) is 21.4. The zero-order valence-electron chi connectivity index (χ0n) is 11.9. The molecule has 8 heteroatoms. The second-order valence-electron chi connectivity index (χ2n) is 4.40. The molecule has 0 heterocycles. The van der Waals surface area contributed by atoms with Gasteiger partial charge in [0.25, 0.3) is 5.91 Å². The van der Waals surface area contributed by atoms with Crippen LogP contribution >= 0.6 is 0 Å². The molecule has 0 aliphatic rings. The molecule has 2 rings (SSSR count). The van der Waals surface area contributed by atoms with Gasteiger partial charge in [-0.05, 0) is 29.8 Å². The van der Waals surface area contributed by atoms with E-state index in [9.17, 15) is 20.0 Å². The second-order valence-corrected chi connectivity index (χ2v) is 4.40. The van der Waals surface area contributed by atoms with Gasteiger partial charge in [-0.25, -0.2) is 5.43 Å². The lowest BCUT2D eigenvalue weighted by atomic mass is 10.2. The van der Waals surface area contributed by atoms with Crippen LogP contribution in [0.15, 0.2) is 53.6 Å². The SMILES string of the molecule is O=C(COc1ccccc1)N/N=C/c1ccc([N+](=O)[O-])c(O)c1. The van der Waals surface area contributed by atoms with Crippen LogP contribution in [0.5, 0.6) is 11.5 Å². The number of carbonyl (C=O) groups is 1. The average molecular weight is 315 g/mol. The number of nitro groups is 1. The number of amides is 1. The molecule has 0 aliphatic heterocycles. The minimum atomic E-state index is -0.695. The van der Waals surface area contributed by atoms with Gasteiger partial charge >= 0.3 is 5.69 Å². The standard InChI is InChI=1S/C15H13N3O5/c19-14-8-11(6-7-13(14)18(21)22)9-16-17-15(20)10-23-12-4-2-1-3-5-12/h1-9,19H,10H2,(H,17,20)/b16-9+. The van der Waals surface area contributed by atoms with Gasteiger partial charge in [-0.15, -0.1) is 0 Å². The Hall–Kier alpha value is -3.42. The largest absolute Gasteiger partial charge is 0.502 e. The molecule has 118 valence electrons. The number of phenolic OH excluding ortho intramolecular Hbond substituents is 1. The van der Waals surface area contributed by atoms with Gasteiger partial charge in [-0.1, -0.05) is 18.2 Å². The molecule has 0 saturated carbocycles. The molecule has 2 aromatic rings. The van der Waals surface area contributed by atoms with Gasteiger partial charge in [0, 0.05) is 6.07 Å². The third-order valence-electron chi connectivity index (χ3n) is 2.71. The molecule has 0 saturated heterocycles. The van der Waals surface area contributed by atoms with Gasteiger partial charge in [-0.2, -0.15) is 5.10 Å². The van der Waals surface area contributed by atoms with Crippen LogP contribution in [0.2, 0.25) is 0 Å². The molecule has 0 bridgehead atoms. The Kier molecular flexibility index (Phi) is 5.24. The van der Waals surface area contributed by atoms with E-state index in [4.69, 9.17) is 4.74 Å². The minimum Gasteiger partial charge on any atom is -0.502 e. The van der Waals surface area contributed by atoms with Crippen molar-refractivity contribution in [2.75, 3.05) is 6.61 Å². The fourth-order valence-electron chi connectivity index (χ4n) is 1.65. The number of carbonyl (C=O) groups excluding carboxylic acids is 1. The molecule has 1 amide bonds. The first-order valence-electron chi connectivity index (χ1n) is 6.53. The van der Waals surface area contributed by atoms with E-state index in [1.54, 1.807) is 24.3 Å². The Morgan fingerprint density at radius 3 is 2.70 bits per heavy atom. The highest BCUT2D eigenvalue weighted by molar-refractivity contribution is 5.83. The highest BCUT2D eigenvalue weighted by Crippen LogP contribution is 2.25. The Bertz CT molecular complexity index is 731. The number of ether oxygens (including phenoxy) is 1. The van der Waals surface area contributed by atoms with Crippen molar-refractivity contribution >= 4 is 17.8 Å². The maximum absolute atomic E-state index is 11.5. The van der Waals surface area contributed by atoms with Crippen LogP contribution in [0.25, 0.3) is 0 Å². The summed E-state index contributed by atoms with van der Waals surface area (Å²) in [7, 11) is 0. The summed E-state index contributed by atoms with van der Waals surface area (Å²) in [5, 5.41) is 23.7. The topological polar surface area (TPSA) is 114 Å². The average Bonchev–Trinajstić information content (AvgIpc) is 2.53. The fourth-order valence-corrected chi connectivity index (χ4v) is 1.65. The third-order valence-corrected chi connectivity index (χ3v) is 2.71. The van der Waals surface area contributed by atoms with Crippen molar-refractivity contribution < 1.29 is 19.6 Å². The summed E-state index contributed by atoms with van der Waals surface area (Å²) in [6.45, 7) is -0.202. The summed E-state index contributed by atoms with van der Waals surface area (Å²) in [6.07, 6.45) is 1.25. The summed E-state index contributed by atoms with van der Waals surface area (Å²) >= 11 is 0. The number of aromatic hydroxyl groups is 1. The normalized spacial score (nSPS) is 10.4. The monoisotopic (exact) mass is 315 g/mol. The number of hydrazone groups is 1. The van der Waals surface area contributed by atoms with Crippen LogP contribution in [0.3, 0.4) is 0 Å². The van der Waals surface area contributed by atoms with Gasteiger partial charge in [0.15, 0.2) is 12.4 Å². The molecule has 2 N–H and O–H groups in total. The van der Waals surface area contributed by atoms with Crippen LogP contribution < -0.4 is 10.2 Å². The van der Waals surface area contributed by atoms with Gasteiger partial charge in [0.05, 0.1) is 11.1 Å². The lowest BCUT2D eigenvalue weighted by Gasteiger charge is -2.04. The maximum Gasteiger partial charge on any atom is 0.310 e. The maximum atomic E-state index is 11.5. The van der Waals surface area contributed by atoms with E-state index in [1.165, 1.54) is 18.3 Å². The highest BCUT2D eigenvalue weighted by atomic mass is 16.6. The van der Waals surface area contributed by atoms with Gasteiger partial charge < -0.3 is 9.84 Å². The van der Waals surface area contributed by atoms with Crippen LogP contribution in [-0.2, 0) is 4.79 Å². The van der Waals surface area contributed by atoms with Crippen LogP contribution in [0.4, 0.5) is 5.69 Å². The summed E-state index contributed by atoms with van der Waals surface area (Å²) in [5.74, 6) is -0.374. The summed E-state index contributed by atoms with van der Waals surface area (Å²) < 4.78 is 5.23. The number of nitrogens with one attached hydrogen (secondary N) is 1. The number of phenols is 1. The lowest BCUT2D eigenvalue weighted by Crippen LogP contribution is -2.24. The summed E-state index contributed by atoms with van der Waals surface area (Å²) in [6, 6.07) is 12.6. The minimum absolute atomic E-state index is 0.202. The fraction of sp³-hybridized carbons (Fsp3) is 0.0667. The number of hydrogen-bond donors (Lipinski definition) is 2. The number of nitrogens with zero attached hydrogens (tertiary/aromatic N) is 2. The van der Waals surface area contributed by atoms with E-state index in [2.05, 4.69) is 10.5 Å². The second kappa shape index (κ2) is 7.55. The predicted octanol–water partition coefficient (Wildman–Crippen LogP) is 1.83. The molecule has 8 nitrogen and oxygen atoms in total. The Morgan fingerprint density at radius 2 is 2.04 bits per heavy atom. The zero-order chi connectivity index (χ0) is 16.7. The van der Waals surface area contributed by atoms with Gasteiger partial charge in [0.2, 0.25) is 0 Å². The van der Waals surface area contributed by atoms with Crippen molar-refractivity contribution in [1.29, 1.82) is 0 Å². The molecule has 23 heavy (non-hydrogen) atoms. The molecule has 2 aromatic carbocycles. The van der Waals surface area contributed by atoms with Crippen LogP contribution in [-0.4, -0.2) is 28.8 Å². The number of hydrogen-bond acceptors (Lipinski definition) is 6. The van der Waals surface area contributed by atoms with Crippen molar-refractivity contribution in [2.45, 2.75) is 0 Å². The molecular weight excluding hydrogens is 302 g/mol. The number of rotatable bonds is 6. The predicted molar refractivity (Wildman–Crippen MR) is 82.4 cm³/mol. The van der Waals surface area contributed by atoms with E-state index < -0.39 is 22.3 Å². The van der Waals surface area contributed by atoms with E-state index in [1.807, 2.05) is 6.07 Å². The van der Waals surface area contributed by atoms with Crippen LogP contribution in [0, 0.1) is 10.1 Å². The zero-order valence-corrected chi connectivity index (χ0v) is 11.9. The van der Waals surface area contributed by atoms with Gasteiger partial charge in [-0.3, -0.25) is 14.9 Å². The Morgan fingerprint density at radius 1 is 1.30 bits per heavy atom. The molecular formula is C15H13N3O5. The number of nitro benzene ring substituents is 1. The first-order valence-corrected chi connectivity index (χ1v) is 6.53. The molecule has 0 atom stereocenters. The van der Waals surface area contributed by atoms with Crippen molar-refractivity contribution in [3.63, 3.8) is 0 Å². The third kappa shape index (κ3) is 4.81. The molecule has 0 spiro atoms. The molecule has 0 aliphatic carbocycles. The first kappa shape index (κ1) is 16.0. The van der Waals surface area contributed by atoms with Crippen molar-refractivity contribution in [2.24, 2.45) is 5.10 Å². The highest BCUT2D eigenvalue weighted by Gasteiger charge is 2.12. The van der Waals surface area contributed by atoms with E-state index in [-0.39, 0.29) is 6.61 Å². The molecule has 0 fully saturated rings. The summed E-state index contributed by atoms with van der Waals surface area (Å²) in [5.41, 5.74) is 2.25. The van der Waals surface area contributed by atoms with Crippen LogP contribution in [0.1, 0.15) is 5.56 Å². The number of para-hydroxylation sites is 1.